The van der Waals surface area contributed by atoms with Gasteiger partial charge in [-0.15, -0.1) is 11.3 Å². The van der Waals surface area contributed by atoms with E-state index in [-0.39, 0.29) is 0 Å². The molecule has 1 unspecified atom stereocenters. The van der Waals surface area contributed by atoms with Crippen LogP contribution in [-0.2, 0) is 6.42 Å². The van der Waals surface area contributed by atoms with E-state index in [9.17, 15) is 5.11 Å². The summed E-state index contributed by atoms with van der Waals surface area (Å²) >= 11 is 7.58. The minimum atomic E-state index is -0.518. The maximum atomic E-state index is 10.2. The summed E-state index contributed by atoms with van der Waals surface area (Å²) in [5, 5.41) is 10.9. The summed E-state index contributed by atoms with van der Waals surface area (Å²) in [4.78, 5) is 2.16. The smallest absolute Gasteiger partial charge is 0.122 e. The minimum Gasteiger partial charge on any atom is -0.496 e. The number of thiophene rings is 1. The molecule has 96 valence electrons. The number of benzene rings is 1. The normalized spacial score (nSPS) is 12.4. The summed E-state index contributed by atoms with van der Waals surface area (Å²) in [6.07, 6.45) is -0.0139. The topological polar surface area (TPSA) is 29.5 Å². The Balaban J connectivity index is 2.20. The molecule has 0 aliphatic carbocycles. The highest BCUT2D eigenvalue weighted by atomic mass is 35.5. The van der Waals surface area contributed by atoms with Gasteiger partial charge >= 0.3 is 0 Å². The van der Waals surface area contributed by atoms with Crippen molar-refractivity contribution < 1.29 is 9.84 Å². The highest BCUT2D eigenvalue weighted by Crippen LogP contribution is 2.30. The third kappa shape index (κ3) is 3.05. The molecule has 2 aromatic rings. The number of aryl methyl sites for hydroxylation is 1. The van der Waals surface area contributed by atoms with E-state index >= 15 is 0 Å². The fraction of sp³-hybridized carbons (Fsp3) is 0.286. The molecule has 0 bridgehead atoms. The van der Waals surface area contributed by atoms with E-state index < -0.39 is 6.10 Å². The molecule has 0 aliphatic rings. The molecule has 0 saturated carbocycles. The Kier molecular flexibility index (Phi) is 4.27. The van der Waals surface area contributed by atoms with Gasteiger partial charge in [0.1, 0.15) is 5.75 Å². The molecule has 0 amide bonds. The monoisotopic (exact) mass is 282 g/mol. The van der Waals surface area contributed by atoms with Crippen molar-refractivity contribution >= 4 is 22.9 Å². The van der Waals surface area contributed by atoms with Crippen LogP contribution in [0.5, 0.6) is 5.75 Å². The van der Waals surface area contributed by atoms with Crippen molar-refractivity contribution in [3.05, 3.63) is 50.7 Å². The fourth-order valence-electron chi connectivity index (χ4n) is 1.85. The molecule has 1 atom stereocenters. The zero-order chi connectivity index (χ0) is 13.1. The average Bonchev–Trinajstić information content (AvgIpc) is 2.76. The second-order valence-electron chi connectivity index (χ2n) is 4.12. The van der Waals surface area contributed by atoms with Gasteiger partial charge in [0.2, 0.25) is 0 Å². The third-order valence-corrected chi connectivity index (χ3v) is 4.08. The van der Waals surface area contributed by atoms with Crippen LogP contribution < -0.4 is 4.74 Å². The lowest BCUT2D eigenvalue weighted by molar-refractivity contribution is 0.181. The summed E-state index contributed by atoms with van der Waals surface area (Å²) in [5.74, 6) is 0.756. The van der Waals surface area contributed by atoms with Crippen LogP contribution in [0.3, 0.4) is 0 Å². The van der Waals surface area contributed by atoms with Crippen LogP contribution in [0.4, 0.5) is 0 Å². The van der Waals surface area contributed by atoms with Gasteiger partial charge in [-0.1, -0.05) is 11.6 Å². The van der Waals surface area contributed by atoms with E-state index in [0.29, 0.717) is 11.4 Å². The third-order valence-electron chi connectivity index (χ3n) is 2.75. The van der Waals surface area contributed by atoms with E-state index in [1.165, 1.54) is 4.88 Å². The number of halogens is 1. The molecular formula is C14H15ClO2S. The Morgan fingerprint density at radius 1 is 1.33 bits per heavy atom. The summed E-state index contributed by atoms with van der Waals surface area (Å²) in [6, 6.07) is 9.42. The van der Waals surface area contributed by atoms with Gasteiger partial charge in [-0.25, -0.2) is 0 Å². The summed E-state index contributed by atoms with van der Waals surface area (Å²) < 4.78 is 5.28. The van der Waals surface area contributed by atoms with Crippen LogP contribution in [0.15, 0.2) is 30.3 Å². The van der Waals surface area contributed by atoms with Crippen LogP contribution in [0.1, 0.15) is 21.4 Å². The first kappa shape index (κ1) is 13.4. The number of rotatable bonds is 4. The van der Waals surface area contributed by atoms with Crippen molar-refractivity contribution in [2.45, 2.75) is 19.4 Å². The van der Waals surface area contributed by atoms with Gasteiger partial charge in [0.15, 0.2) is 0 Å². The molecule has 0 aliphatic heterocycles. The number of ether oxygens (including phenoxy) is 1. The van der Waals surface area contributed by atoms with Gasteiger partial charge in [0.05, 0.1) is 13.2 Å². The van der Waals surface area contributed by atoms with Crippen molar-refractivity contribution in [1.29, 1.82) is 0 Å². The zero-order valence-corrected chi connectivity index (χ0v) is 11.9. The van der Waals surface area contributed by atoms with E-state index in [2.05, 4.69) is 0 Å². The van der Waals surface area contributed by atoms with E-state index in [0.717, 1.165) is 16.2 Å². The Hall–Kier alpha value is -1.03. The van der Waals surface area contributed by atoms with Crippen molar-refractivity contribution in [2.75, 3.05) is 7.11 Å². The number of hydrogen-bond donors (Lipinski definition) is 1. The molecule has 1 aromatic carbocycles. The Morgan fingerprint density at radius 2 is 2.11 bits per heavy atom. The van der Waals surface area contributed by atoms with Gasteiger partial charge < -0.3 is 9.84 Å². The maximum absolute atomic E-state index is 10.2. The van der Waals surface area contributed by atoms with E-state index in [4.69, 9.17) is 16.3 Å². The second-order valence-corrected chi connectivity index (χ2v) is 5.88. The second kappa shape index (κ2) is 5.74. The lowest BCUT2D eigenvalue weighted by atomic mass is 10.1. The molecule has 0 radical (unpaired) electrons. The van der Waals surface area contributed by atoms with Crippen LogP contribution in [-0.4, -0.2) is 12.2 Å². The highest BCUT2D eigenvalue weighted by molar-refractivity contribution is 7.12. The highest BCUT2D eigenvalue weighted by Gasteiger charge is 2.14. The van der Waals surface area contributed by atoms with Crippen LogP contribution >= 0.6 is 22.9 Å². The molecular weight excluding hydrogens is 268 g/mol. The van der Waals surface area contributed by atoms with E-state index in [1.54, 1.807) is 24.5 Å². The van der Waals surface area contributed by atoms with E-state index in [1.807, 2.05) is 31.2 Å². The molecule has 18 heavy (non-hydrogen) atoms. The molecule has 2 nitrogen and oxygen atoms in total. The Morgan fingerprint density at radius 3 is 2.72 bits per heavy atom. The fourth-order valence-corrected chi connectivity index (χ4v) is 2.91. The summed E-state index contributed by atoms with van der Waals surface area (Å²) in [6.45, 7) is 2.03. The quantitative estimate of drug-likeness (QED) is 0.919. The van der Waals surface area contributed by atoms with Crippen LogP contribution in [0.2, 0.25) is 5.02 Å². The Bertz CT molecular complexity index is 536. The standard InChI is InChI=1S/C14H15ClO2S/c1-9-3-6-14(18-9)12(16)8-10-7-11(15)4-5-13(10)17-2/h3-7,12,16H,8H2,1-2H3. The van der Waals surface area contributed by atoms with Crippen LogP contribution in [0.25, 0.3) is 0 Å². The molecule has 0 spiro atoms. The van der Waals surface area contributed by atoms with Gasteiger partial charge in [-0.3, -0.25) is 0 Å². The molecule has 1 heterocycles. The molecule has 4 heteroatoms. The lowest BCUT2D eigenvalue weighted by Crippen LogP contribution is -2.01. The number of hydrogen-bond acceptors (Lipinski definition) is 3. The van der Waals surface area contributed by atoms with Gasteiger partial charge in [-0.2, -0.15) is 0 Å². The zero-order valence-electron chi connectivity index (χ0n) is 10.3. The lowest BCUT2D eigenvalue weighted by Gasteiger charge is -2.12. The Labute approximate surface area is 116 Å². The molecule has 1 N–H and O–H groups in total. The molecule has 1 aromatic heterocycles. The first-order valence-electron chi connectivity index (χ1n) is 5.67. The molecule has 2 rings (SSSR count). The number of aliphatic hydroxyl groups excluding tert-OH is 1. The predicted molar refractivity (Wildman–Crippen MR) is 75.7 cm³/mol. The summed E-state index contributed by atoms with van der Waals surface area (Å²) in [7, 11) is 1.62. The summed E-state index contributed by atoms with van der Waals surface area (Å²) in [5.41, 5.74) is 0.920. The first-order chi connectivity index (χ1) is 8.60. The first-order valence-corrected chi connectivity index (χ1v) is 6.86. The largest absolute Gasteiger partial charge is 0.496 e. The predicted octanol–water partition coefficient (Wildman–Crippen LogP) is 3.99. The minimum absolute atomic E-state index is 0.504. The van der Waals surface area contributed by atoms with Crippen molar-refractivity contribution in [1.82, 2.24) is 0 Å². The number of methoxy groups -OCH3 is 1. The number of aliphatic hydroxyl groups is 1. The van der Waals surface area contributed by atoms with Gasteiger partial charge in [0, 0.05) is 21.2 Å². The van der Waals surface area contributed by atoms with Crippen molar-refractivity contribution in [2.24, 2.45) is 0 Å². The average molecular weight is 283 g/mol. The van der Waals surface area contributed by atoms with Crippen molar-refractivity contribution in [3.63, 3.8) is 0 Å². The van der Waals surface area contributed by atoms with Crippen molar-refractivity contribution in [3.8, 4) is 5.75 Å². The van der Waals surface area contributed by atoms with Gasteiger partial charge in [-0.05, 0) is 42.8 Å². The van der Waals surface area contributed by atoms with Gasteiger partial charge in [0.25, 0.3) is 0 Å². The molecule has 0 saturated heterocycles. The van der Waals surface area contributed by atoms with Crippen LogP contribution in [0, 0.1) is 6.92 Å². The SMILES string of the molecule is COc1ccc(Cl)cc1CC(O)c1ccc(C)s1. The molecule has 0 fully saturated rings. The maximum Gasteiger partial charge on any atom is 0.122 e.